The summed E-state index contributed by atoms with van der Waals surface area (Å²) in [5.41, 5.74) is 20.9. The Balaban J connectivity index is 0.972. The molecule has 1 saturated carbocycles. The van der Waals surface area contributed by atoms with Crippen LogP contribution in [0.15, 0.2) is 170 Å². The number of rotatable bonds is 4. The number of hydrogen-bond donors (Lipinski definition) is 1. The van der Waals surface area contributed by atoms with Crippen molar-refractivity contribution in [2.75, 3.05) is 5.32 Å². The summed E-state index contributed by atoms with van der Waals surface area (Å²) in [7, 11) is 0. The lowest BCUT2D eigenvalue weighted by Crippen LogP contribution is -2.20. The number of fused-ring (bicyclic) bond motifs is 11. The zero-order valence-electron chi connectivity index (χ0n) is 30.9. The van der Waals surface area contributed by atoms with E-state index >= 15 is 0 Å². The first-order valence-electron chi connectivity index (χ1n) is 20.1. The number of anilines is 2. The number of hydrogen-bond acceptors (Lipinski definition) is 1. The minimum Gasteiger partial charge on any atom is -0.355 e. The molecular weight excluding hydrogens is 679 g/mol. The molecule has 13 rings (SSSR count). The molecule has 0 saturated heterocycles. The van der Waals surface area contributed by atoms with Gasteiger partial charge >= 0.3 is 0 Å². The molecule has 3 aliphatic rings. The van der Waals surface area contributed by atoms with Gasteiger partial charge in [0.15, 0.2) is 0 Å². The largest absolute Gasteiger partial charge is 0.355 e. The molecule has 0 radical (unpaired) electrons. The minimum absolute atomic E-state index is 0.0841. The van der Waals surface area contributed by atoms with Gasteiger partial charge in [-0.3, -0.25) is 0 Å². The summed E-state index contributed by atoms with van der Waals surface area (Å²) in [5.74, 6) is 0. The Morgan fingerprint density at radius 2 is 1.05 bits per heavy atom. The van der Waals surface area contributed by atoms with E-state index in [0.717, 1.165) is 11.4 Å². The lowest BCUT2D eigenvalue weighted by atomic mass is 9.75. The van der Waals surface area contributed by atoms with Crippen LogP contribution in [-0.4, -0.2) is 9.13 Å². The average Bonchev–Trinajstić information content (AvgIpc) is 4.00. The van der Waals surface area contributed by atoms with Crippen molar-refractivity contribution >= 4 is 55.0 Å². The number of benzene rings is 8. The topological polar surface area (TPSA) is 21.9 Å². The quantitative estimate of drug-likeness (QED) is 0.193. The van der Waals surface area contributed by atoms with Crippen molar-refractivity contribution in [2.45, 2.75) is 31.1 Å². The molecule has 3 heterocycles. The van der Waals surface area contributed by atoms with Crippen LogP contribution in [0.4, 0.5) is 11.4 Å². The number of nitrogens with one attached hydrogen (secondary N) is 1. The highest BCUT2D eigenvalue weighted by Crippen LogP contribution is 2.63. The molecule has 3 heteroatoms. The smallest absolute Gasteiger partial charge is 0.0623 e. The van der Waals surface area contributed by atoms with Crippen molar-refractivity contribution in [1.82, 2.24) is 9.13 Å². The maximum absolute atomic E-state index is 3.76. The van der Waals surface area contributed by atoms with Crippen LogP contribution in [-0.2, 0) is 5.41 Å². The van der Waals surface area contributed by atoms with Gasteiger partial charge in [-0.2, -0.15) is 0 Å². The molecule has 1 spiro atoms. The van der Waals surface area contributed by atoms with Crippen molar-refractivity contribution in [3.8, 4) is 44.8 Å². The highest BCUT2D eigenvalue weighted by atomic mass is 15.0. The predicted octanol–water partition coefficient (Wildman–Crippen LogP) is 14.1. The van der Waals surface area contributed by atoms with Gasteiger partial charge in [0.05, 0.1) is 27.8 Å². The van der Waals surface area contributed by atoms with Crippen LogP contribution in [0.1, 0.15) is 36.8 Å². The monoisotopic (exact) mass is 715 g/mol. The van der Waals surface area contributed by atoms with Gasteiger partial charge in [0.1, 0.15) is 0 Å². The van der Waals surface area contributed by atoms with Gasteiger partial charge in [0.25, 0.3) is 0 Å². The number of nitrogens with zero attached hydrogens (tertiary/aromatic N) is 2. The van der Waals surface area contributed by atoms with Gasteiger partial charge in [-0.15, -0.1) is 0 Å². The normalized spacial score (nSPS) is 14.6. The molecule has 264 valence electrons. The van der Waals surface area contributed by atoms with E-state index in [1.807, 2.05) is 0 Å². The van der Waals surface area contributed by atoms with E-state index in [4.69, 9.17) is 0 Å². The van der Waals surface area contributed by atoms with Gasteiger partial charge in [-0.05, 0) is 101 Å². The van der Waals surface area contributed by atoms with Gasteiger partial charge in [0.2, 0.25) is 0 Å². The molecule has 1 N–H and O–H groups in total. The second kappa shape index (κ2) is 11.1. The van der Waals surface area contributed by atoms with E-state index in [1.54, 1.807) is 0 Å². The Hall–Kier alpha value is -6.84. The summed E-state index contributed by atoms with van der Waals surface area (Å²) in [6.45, 7) is 0. The first kappa shape index (κ1) is 30.5. The highest BCUT2D eigenvalue weighted by molar-refractivity contribution is 6.20. The lowest BCUT2D eigenvalue weighted by Gasteiger charge is -2.28. The van der Waals surface area contributed by atoms with Crippen LogP contribution >= 0.6 is 0 Å². The second-order valence-corrected chi connectivity index (χ2v) is 16.1. The van der Waals surface area contributed by atoms with Gasteiger partial charge in [-0.25, -0.2) is 0 Å². The molecule has 56 heavy (non-hydrogen) atoms. The van der Waals surface area contributed by atoms with Crippen molar-refractivity contribution in [2.24, 2.45) is 0 Å². The summed E-state index contributed by atoms with van der Waals surface area (Å²) in [5, 5.41) is 8.96. The Morgan fingerprint density at radius 3 is 1.88 bits per heavy atom. The van der Waals surface area contributed by atoms with Crippen LogP contribution in [0, 0.1) is 0 Å². The highest BCUT2D eigenvalue weighted by Gasteiger charge is 2.48. The van der Waals surface area contributed by atoms with Crippen LogP contribution in [0.5, 0.6) is 0 Å². The van der Waals surface area contributed by atoms with Crippen LogP contribution in [0.2, 0.25) is 0 Å². The third-order valence-corrected chi connectivity index (χ3v) is 13.4. The first-order valence-corrected chi connectivity index (χ1v) is 20.1. The van der Waals surface area contributed by atoms with Crippen LogP contribution in [0.25, 0.3) is 88.4 Å². The molecule has 2 aromatic heterocycles. The van der Waals surface area contributed by atoms with E-state index in [2.05, 4.69) is 184 Å². The van der Waals surface area contributed by atoms with Gasteiger partial charge < -0.3 is 14.5 Å². The third kappa shape index (κ3) is 3.92. The lowest BCUT2D eigenvalue weighted by molar-refractivity contribution is 0.550. The Morgan fingerprint density at radius 1 is 0.429 bits per heavy atom. The molecule has 0 unspecified atom stereocenters. The Labute approximate surface area is 325 Å². The van der Waals surface area contributed by atoms with E-state index in [-0.39, 0.29) is 5.41 Å². The molecule has 1 aliphatic heterocycles. The summed E-state index contributed by atoms with van der Waals surface area (Å²) in [6.07, 6.45) is 5.00. The molecule has 0 bridgehead atoms. The fourth-order valence-corrected chi connectivity index (χ4v) is 11.1. The number of aromatic nitrogens is 2. The standard InChI is InChI=1S/C53H37N3/c1-2-12-36(13-3-1)55-45-17-7-4-14-38(45)40-25-24-35(32-48(40)55)54-34-22-20-33(21-23-34)37-26-28-43-50-49(37)42-16-6-9-19-47(42)56-46-18-8-5-15-39(46)41-27-29-44(51(50)52(41)56)53(43)30-10-11-31-53/h1-9,12-29,32,54H,10-11,30-31H2. The van der Waals surface area contributed by atoms with E-state index in [1.165, 1.54) is 125 Å². The molecule has 0 atom stereocenters. The molecule has 3 nitrogen and oxygen atoms in total. The number of para-hydroxylation sites is 4. The van der Waals surface area contributed by atoms with Crippen molar-refractivity contribution in [3.05, 3.63) is 181 Å². The fourth-order valence-electron chi connectivity index (χ4n) is 11.1. The molecular formula is C53H37N3. The Bertz CT molecular complexity index is 3260. The average molecular weight is 716 g/mol. The van der Waals surface area contributed by atoms with E-state index < -0.39 is 0 Å². The summed E-state index contributed by atoms with van der Waals surface area (Å²) in [6, 6.07) is 63.2. The molecule has 10 aromatic rings. The van der Waals surface area contributed by atoms with Gasteiger partial charge in [-0.1, -0.05) is 128 Å². The molecule has 8 aromatic carbocycles. The van der Waals surface area contributed by atoms with E-state index in [0.29, 0.717) is 0 Å². The van der Waals surface area contributed by atoms with Crippen LogP contribution < -0.4 is 5.32 Å². The maximum Gasteiger partial charge on any atom is 0.0623 e. The third-order valence-electron chi connectivity index (χ3n) is 13.4. The SMILES string of the molecule is c1ccc(-n2c3ccccc3c3ccc(Nc4ccc(-c5ccc6c7c5-c5ccccc5-n5c8ccccc8c8ccc(c-7c85)C65CCCC5)cc4)cc32)cc1. The zero-order chi connectivity index (χ0) is 36.5. The van der Waals surface area contributed by atoms with Crippen LogP contribution in [0.3, 0.4) is 0 Å². The zero-order valence-corrected chi connectivity index (χ0v) is 30.9. The molecule has 2 aliphatic carbocycles. The summed E-state index contributed by atoms with van der Waals surface area (Å²) in [4.78, 5) is 0. The van der Waals surface area contributed by atoms with Crippen molar-refractivity contribution in [1.29, 1.82) is 0 Å². The first-order chi connectivity index (χ1) is 27.8. The van der Waals surface area contributed by atoms with E-state index in [9.17, 15) is 0 Å². The molecule has 1 fully saturated rings. The second-order valence-electron chi connectivity index (χ2n) is 16.1. The fraction of sp³-hybridized carbons (Fsp3) is 0.0943. The maximum atomic E-state index is 3.76. The van der Waals surface area contributed by atoms with Crippen molar-refractivity contribution in [3.63, 3.8) is 0 Å². The van der Waals surface area contributed by atoms with Gasteiger partial charge in [0, 0.05) is 55.1 Å². The summed E-state index contributed by atoms with van der Waals surface area (Å²) < 4.78 is 4.96. The summed E-state index contributed by atoms with van der Waals surface area (Å²) >= 11 is 0. The van der Waals surface area contributed by atoms with Crippen molar-refractivity contribution < 1.29 is 0 Å². The molecule has 0 amide bonds. The predicted molar refractivity (Wildman–Crippen MR) is 234 cm³/mol. The minimum atomic E-state index is 0.0841. The Kier molecular flexibility index (Phi) is 6.05.